The third-order valence-corrected chi connectivity index (χ3v) is 3.82. The monoisotopic (exact) mass is 359 g/mol. The van der Waals surface area contributed by atoms with E-state index in [1.807, 2.05) is 6.92 Å². The van der Waals surface area contributed by atoms with Crippen molar-refractivity contribution < 1.29 is 13.9 Å². The van der Waals surface area contributed by atoms with Gasteiger partial charge in [0.1, 0.15) is 5.82 Å². The van der Waals surface area contributed by atoms with Gasteiger partial charge in [0.2, 0.25) is 5.91 Å². The highest BCUT2D eigenvalue weighted by atomic mass is 35.5. The number of anilines is 1. The lowest BCUT2D eigenvalue weighted by Gasteiger charge is -2.03. The lowest BCUT2D eigenvalue weighted by atomic mass is 10.1. The molecule has 0 atom stereocenters. The lowest BCUT2D eigenvalue weighted by molar-refractivity contribution is -0.115. The minimum Gasteiger partial charge on any atom is -0.383 e. The molecule has 0 saturated carbocycles. The molecule has 126 valence electrons. The molecule has 2 rings (SSSR count). The summed E-state index contributed by atoms with van der Waals surface area (Å²) in [7, 11) is 1.61. The van der Waals surface area contributed by atoms with E-state index in [4.69, 9.17) is 4.74 Å². The van der Waals surface area contributed by atoms with Gasteiger partial charge in [0.25, 0.3) is 0 Å². The molecule has 0 saturated heterocycles. The Labute approximate surface area is 144 Å². The number of amides is 1. The van der Waals surface area contributed by atoms with Crippen LogP contribution in [-0.2, 0) is 9.53 Å². The van der Waals surface area contributed by atoms with Crippen LogP contribution in [0.25, 0.3) is 11.3 Å². The van der Waals surface area contributed by atoms with Crippen molar-refractivity contribution in [3.63, 3.8) is 0 Å². The quantitative estimate of drug-likeness (QED) is 0.746. The molecule has 0 radical (unpaired) electrons. The Hall–Kier alpha value is -1.54. The van der Waals surface area contributed by atoms with Crippen molar-refractivity contribution in [2.24, 2.45) is 0 Å². The molecule has 0 aliphatic rings. The van der Waals surface area contributed by atoms with Gasteiger partial charge in [-0.15, -0.1) is 23.7 Å². The maximum Gasteiger partial charge on any atom is 0.240 e. The van der Waals surface area contributed by atoms with Crippen LogP contribution < -0.4 is 10.6 Å². The zero-order chi connectivity index (χ0) is 15.9. The largest absolute Gasteiger partial charge is 0.383 e. The molecule has 1 aromatic heterocycles. The minimum absolute atomic E-state index is 0. The van der Waals surface area contributed by atoms with Crippen LogP contribution in [0.4, 0.5) is 9.52 Å². The van der Waals surface area contributed by atoms with E-state index in [9.17, 15) is 9.18 Å². The number of halogens is 2. The number of ether oxygens (including phenoxy) is 1. The Bertz CT molecular complexity index is 634. The van der Waals surface area contributed by atoms with Crippen LogP contribution in [0.2, 0.25) is 0 Å². The van der Waals surface area contributed by atoms with E-state index in [0.717, 1.165) is 16.1 Å². The van der Waals surface area contributed by atoms with Crippen molar-refractivity contribution in [2.45, 2.75) is 6.92 Å². The first-order chi connectivity index (χ1) is 10.6. The molecular weight excluding hydrogens is 341 g/mol. The molecule has 0 aliphatic heterocycles. The van der Waals surface area contributed by atoms with Gasteiger partial charge in [-0.1, -0.05) is 0 Å². The summed E-state index contributed by atoms with van der Waals surface area (Å²) >= 11 is 1.40. The Kier molecular flexibility index (Phi) is 8.11. The van der Waals surface area contributed by atoms with E-state index >= 15 is 0 Å². The van der Waals surface area contributed by atoms with Crippen LogP contribution in [0.3, 0.4) is 0 Å². The van der Waals surface area contributed by atoms with Gasteiger partial charge in [-0.05, 0) is 31.2 Å². The number of aromatic nitrogens is 1. The molecule has 1 amide bonds. The number of thiazole rings is 1. The van der Waals surface area contributed by atoms with Crippen LogP contribution in [0, 0.1) is 12.7 Å². The summed E-state index contributed by atoms with van der Waals surface area (Å²) in [4.78, 5) is 17.2. The fraction of sp³-hybridized carbons (Fsp3) is 0.333. The van der Waals surface area contributed by atoms with Gasteiger partial charge in [0, 0.05) is 24.1 Å². The minimum atomic E-state index is -0.285. The van der Waals surface area contributed by atoms with E-state index in [2.05, 4.69) is 15.6 Å². The van der Waals surface area contributed by atoms with E-state index in [1.54, 1.807) is 19.2 Å². The molecule has 0 bridgehead atoms. The van der Waals surface area contributed by atoms with E-state index in [-0.39, 0.29) is 30.7 Å². The van der Waals surface area contributed by atoms with Gasteiger partial charge in [-0.3, -0.25) is 4.79 Å². The number of carbonyl (C=O) groups is 1. The first-order valence-corrected chi connectivity index (χ1v) is 7.64. The number of nitrogens with one attached hydrogen (secondary N) is 2. The van der Waals surface area contributed by atoms with E-state index < -0.39 is 0 Å². The molecule has 0 aliphatic carbocycles. The Balaban J connectivity index is 0.00000264. The summed E-state index contributed by atoms with van der Waals surface area (Å²) in [5, 5.41) is 6.25. The lowest BCUT2D eigenvalue weighted by Crippen LogP contribution is -2.30. The molecular formula is C15H19ClFN3O2S. The molecule has 0 spiro atoms. The summed E-state index contributed by atoms with van der Waals surface area (Å²) in [5.74, 6) is -0.442. The molecule has 2 aromatic rings. The van der Waals surface area contributed by atoms with E-state index in [1.165, 1.54) is 23.5 Å². The van der Waals surface area contributed by atoms with Crippen molar-refractivity contribution >= 4 is 34.8 Å². The maximum atomic E-state index is 13.0. The number of aryl methyl sites for hydroxylation is 1. The number of hydrogen-bond donors (Lipinski definition) is 2. The van der Waals surface area contributed by atoms with Crippen molar-refractivity contribution in [3.05, 3.63) is 35.0 Å². The molecule has 5 nitrogen and oxygen atoms in total. The predicted octanol–water partition coefficient (Wildman–Crippen LogP) is 2.85. The zero-order valence-electron chi connectivity index (χ0n) is 12.9. The second-order valence-corrected chi connectivity index (χ2v) is 5.85. The average molecular weight is 360 g/mol. The van der Waals surface area contributed by atoms with Crippen LogP contribution in [0.5, 0.6) is 0 Å². The van der Waals surface area contributed by atoms with E-state index in [0.29, 0.717) is 18.3 Å². The highest BCUT2D eigenvalue weighted by Crippen LogP contribution is 2.30. The fourth-order valence-corrected chi connectivity index (χ4v) is 2.72. The molecule has 0 unspecified atom stereocenters. The van der Waals surface area contributed by atoms with Gasteiger partial charge in [0.05, 0.1) is 18.8 Å². The highest BCUT2D eigenvalue weighted by molar-refractivity contribution is 7.16. The smallest absolute Gasteiger partial charge is 0.240 e. The Morgan fingerprint density at radius 3 is 2.70 bits per heavy atom. The van der Waals surface area contributed by atoms with Gasteiger partial charge in [0.15, 0.2) is 5.13 Å². The first kappa shape index (κ1) is 19.5. The molecule has 2 N–H and O–H groups in total. The van der Waals surface area contributed by atoms with Crippen LogP contribution in [0.15, 0.2) is 24.3 Å². The van der Waals surface area contributed by atoms with Crippen molar-refractivity contribution in [1.29, 1.82) is 0 Å². The maximum absolute atomic E-state index is 13.0. The molecule has 1 aromatic carbocycles. The molecule has 0 fully saturated rings. The third-order valence-electron chi connectivity index (χ3n) is 2.93. The number of carbonyl (C=O) groups excluding carboxylic acids is 1. The van der Waals surface area contributed by atoms with Gasteiger partial charge >= 0.3 is 0 Å². The van der Waals surface area contributed by atoms with Crippen LogP contribution in [0.1, 0.15) is 4.88 Å². The number of rotatable bonds is 7. The highest BCUT2D eigenvalue weighted by Gasteiger charge is 2.12. The summed E-state index contributed by atoms with van der Waals surface area (Å²) in [6, 6.07) is 6.14. The second kappa shape index (κ2) is 9.57. The Morgan fingerprint density at radius 2 is 2.04 bits per heavy atom. The van der Waals surface area contributed by atoms with Crippen molar-refractivity contribution in [2.75, 3.05) is 32.1 Å². The fourth-order valence-electron chi connectivity index (χ4n) is 1.87. The number of hydrogen-bond acceptors (Lipinski definition) is 5. The number of benzene rings is 1. The average Bonchev–Trinajstić information content (AvgIpc) is 2.85. The standard InChI is InChI=1S/C15H18FN3O2S.ClH/c1-10-14(11-3-5-12(16)6-4-11)19-15(22-10)18-13(20)9-17-7-8-21-2;/h3-6,17H,7-9H2,1-2H3,(H,18,19,20);1H. The Morgan fingerprint density at radius 1 is 1.35 bits per heavy atom. The van der Waals surface area contributed by atoms with Crippen LogP contribution in [-0.4, -0.2) is 37.7 Å². The molecule has 23 heavy (non-hydrogen) atoms. The third kappa shape index (κ3) is 5.87. The van der Waals surface area contributed by atoms with Crippen LogP contribution >= 0.6 is 23.7 Å². The van der Waals surface area contributed by atoms with Crippen molar-refractivity contribution in [1.82, 2.24) is 10.3 Å². The summed E-state index contributed by atoms with van der Waals surface area (Å²) in [5.41, 5.74) is 1.58. The molecule has 1 heterocycles. The van der Waals surface area contributed by atoms with Gasteiger partial charge in [-0.2, -0.15) is 0 Å². The van der Waals surface area contributed by atoms with Gasteiger partial charge < -0.3 is 15.4 Å². The van der Waals surface area contributed by atoms with Gasteiger partial charge in [-0.25, -0.2) is 9.37 Å². The molecule has 8 heteroatoms. The summed E-state index contributed by atoms with van der Waals surface area (Å²) < 4.78 is 17.8. The SMILES string of the molecule is COCCNCC(=O)Nc1nc(-c2ccc(F)cc2)c(C)s1.Cl. The van der Waals surface area contributed by atoms with Crippen molar-refractivity contribution in [3.8, 4) is 11.3 Å². The number of nitrogens with zero attached hydrogens (tertiary/aromatic N) is 1. The topological polar surface area (TPSA) is 63.2 Å². The summed E-state index contributed by atoms with van der Waals surface area (Å²) in [6.45, 7) is 3.29. The summed E-state index contributed by atoms with van der Waals surface area (Å²) in [6.07, 6.45) is 0. The predicted molar refractivity (Wildman–Crippen MR) is 92.9 cm³/mol. The normalized spacial score (nSPS) is 10.2. The zero-order valence-corrected chi connectivity index (χ0v) is 14.5. The number of methoxy groups -OCH3 is 1. The second-order valence-electron chi connectivity index (χ2n) is 4.65. The first-order valence-electron chi connectivity index (χ1n) is 6.83.